The molecule has 7 heteroatoms. The number of H-pyrrole nitrogens is 1. The number of nitro groups is 1. The van der Waals surface area contributed by atoms with Crippen LogP contribution in [-0.2, 0) is 16.0 Å². The number of fused-ring (bicyclic) bond motifs is 1. The lowest BCUT2D eigenvalue weighted by molar-refractivity contribution is -0.550. The number of ether oxygens (including phenoxy) is 1. The third-order valence-corrected chi connectivity index (χ3v) is 3.62. The van der Waals surface area contributed by atoms with Crippen molar-refractivity contribution in [3.63, 3.8) is 0 Å². The lowest BCUT2D eigenvalue weighted by Crippen LogP contribution is -2.46. The third-order valence-electron chi connectivity index (χ3n) is 3.38. The van der Waals surface area contributed by atoms with Crippen molar-refractivity contribution >= 4 is 28.5 Å². The molecule has 1 aromatic heterocycles. The van der Waals surface area contributed by atoms with Gasteiger partial charge < -0.3 is 9.72 Å². The van der Waals surface area contributed by atoms with Gasteiger partial charge in [0.1, 0.15) is 0 Å². The number of aromatic nitrogens is 1. The summed E-state index contributed by atoms with van der Waals surface area (Å²) in [4.78, 5) is 25.7. The topological polar surface area (TPSA) is 85.2 Å². The molecule has 1 heterocycles. The first-order chi connectivity index (χ1) is 9.88. The zero-order valence-electron chi connectivity index (χ0n) is 11.7. The van der Waals surface area contributed by atoms with Gasteiger partial charge in [-0.25, -0.2) is 4.79 Å². The first-order valence-electron chi connectivity index (χ1n) is 6.45. The van der Waals surface area contributed by atoms with Crippen LogP contribution in [-0.4, -0.2) is 28.0 Å². The number of halogens is 1. The molecule has 0 amide bonds. The molecule has 1 N–H and O–H groups in total. The van der Waals surface area contributed by atoms with Crippen molar-refractivity contribution in [3.8, 4) is 0 Å². The molecule has 6 nitrogen and oxygen atoms in total. The Bertz CT molecular complexity index is 697. The molecule has 2 rings (SSSR count). The van der Waals surface area contributed by atoms with E-state index in [2.05, 4.69) is 4.98 Å². The lowest BCUT2D eigenvalue weighted by atomic mass is 9.93. The molecular weight excluding hydrogens is 296 g/mol. The van der Waals surface area contributed by atoms with E-state index in [1.165, 1.54) is 6.92 Å². The average Bonchev–Trinajstić information content (AvgIpc) is 2.81. The number of aromatic amines is 1. The molecule has 0 saturated carbocycles. The van der Waals surface area contributed by atoms with Gasteiger partial charge in [-0.3, -0.25) is 10.1 Å². The normalized spacial score (nSPS) is 13.9. The number of rotatable bonds is 5. The van der Waals surface area contributed by atoms with Gasteiger partial charge in [-0.2, -0.15) is 0 Å². The summed E-state index contributed by atoms with van der Waals surface area (Å²) < 4.78 is 4.84. The highest BCUT2D eigenvalue weighted by molar-refractivity contribution is 6.31. The summed E-state index contributed by atoms with van der Waals surface area (Å²) in [7, 11) is 0. The molecule has 0 aliphatic heterocycles. The molecule has 0 radical (unpaired) electrons. The van der Waals surface area contributed by atoms with E-state index < -0.39 is 16.4 Å². The van der Waals surface area contributed by atoms with E-state index in [-0.39, 0.29) is 13.0 Å². The van der Waals surface area contributed by atoms with Gasteiger partial charge in [0.25, 0.3) is 0 Å². The van der Waals surface area contributed by atoms with Crippen molar-refractivity contribution in [1.82, 2.24) is 4.98 Å². The summed E-state index contributed by atoms with van der Waals surface area (Å²) in [6, 6.07) is 5.23. The number of nitrogens with zero attached hydrogens (tertiary/aromatic N) is 1. The average molecular weight is 311 g/mol. The van der Waals surface area contributed by atoms with Crippen LogP contribution in [0.3, 0.4) is 0 Å². The Hall–Kier alpha value is -2.08. The van der Waals surface area contributed by atoms with Crippen molar-refractivity contribution in [2.24, 2.45) is 0 Å². The van der Waals surface area contributed by atoms with Crippen molar-refractivity contribution in [2.45, 2.75) is 25.8 Å². The van der Waals surface area contributed by atoms with Crippen LogP contribution in [0.15, 0.2) is 24.4 Å². The van der Waals surface area contributed by atoms with Gasteiger partial charge in [0.2, 0.25) is 0 Å². The number of benzene rings is 1. The first kappa shape index (κ1) is 15.3. The molecule has 0 saturated heterocycles. The van der Waals surface area contributed by atoms with Crippen LogP contribution in [0.25, 0.3) is 10.9 Å². The molecule has 0 spiro atoms. The number of hydrogen-bond donors (Lipinski definition) is 1. The Morgan fingerprint density at radius 3 is 2.86 bits per heavy atom. The number of esters is 1. The Balaban J connectivity index is 2.42. The van der Waals surface area contributed by atoms with E-state index in [1.54, 1.807) is 31.3 Å². The molecule has 1 aromatic carbocycles. The highest BCUT2D eigenvalue weighted by Gasteiger charge is 2.48. The maximum Gasteiger partial charge on any atom is 0.384 e. The maximum atomic E-state index is 11.9. The predicted molar refractivity (Wildman–Crippen MR) is 79.0 cm³/mol. The molecule has 1 atom stereocenters. The van der Waals surface area contributed by atoms with Crippen LogP contribution in [0.1, 0.15) is 19.4 Å². The third kappa shape index (κ3) is 2.85. The molecule has 0 fully saturated rings. The van der Waals surface area contributed by atoms with Crippen LogP contribution < -0.4 is 0 Å². The standard InChI is InChI=1S/C14H15ClN2O4/c1-3-21-13(18)14(2,17(19)20)7-9-8-16-12-5-4-10(15)6-11(9)12/h4-6,8,16H,3,7H2,1-2H3. The highest BCUT2D eigenvalue weighted by Crippen LogP contribution is 2.27. The molecular formula is C14H15ClN2O4. The zero-order chi connectivity index (χ0) is 15.6. The smallest absolute Gasteiger partial charge is 0.384 e. The number of hydrogen-bond acceptors (Lipinski definition) is 4. The van der Waals surface area contributed by atoms with E-state index in [9.17, 15) is 14.9 Å². The predicted octanol–water partition coefficient (Wildman–Crippen LogP) is 2.96. The van der Waals surface area contributed by atoms with Crippen molar-refractivity contribution in [1.29, 1.82) is 0 Å². The SMILES string of the molecule is CCOC(=O)C(C)(Cc1c[nH]c2ccc(Cl)cc12)[N+](=O)[O-]. The Labute approximate surface area is 126 Å². The summed E-state index contributed by atoms with van der Waals surface area (Å²) in [6.45, 7) is 2.99. The largest absolute Gasteiger partial charge is 0.461 e. The number of nitrogens with one attached hydrogen (secondary N) is 1. The fraction of sp³-hybridized carbons (Fsp3) is 0.357. The van der Waals surface area contributed by atoms with Crippen LogP contribution in [0.2, 0.25) is 5.02 Å². The second kappa shape index (κ2) is 5.73. The second-order valence-corrected chi connectivity index (χ2v) is 5.37. The van der Waals surface area contributed by atoms with Crippen molar-refractivity contribution in [3.05, 3.63) is 45.1 Å². The molecule has 0 aliphatic rings. The molecule has 2 aromatic rings. The van der Waals surface area contributed by atoms with Crippen molar-refractivity contribution in [2.75, 3.05) is 6.61 Å². The lowest BCUT2D eigenvalue weighted by Gasteiger charge is -2.18. The summed E-state index contributed by atoms with van der Waals surface area (Å²) in [5, 5.41) is 12.6. The number of carbonyl (C=O) groups excluding carboxylic acids is 1. The van der Waals surface area contributed by atoms with Gasteiger partial charge in [0.05, 0.1) is 13.0 Å². The molecule has 112 valence electrons. The van der Waals surface area contributed by atoms with E-state index in [0.717, 1.165) is 10.9 Å². The summed E-state index contributed by atoms with van der Waals surface area (Å²) in [6.07, 6.45) is 1.58. The fourth-order valence-corrected chi connectivity index (χ4v) is 2.34. The zero-order valence-corrected chi connectivity index (χ0v) is 12.4. The molecule has 21 heavy (non-hydrogen) atoms. The monoisotopic (exact) mass is 310 g/mol. The van der Waals surface area contributed by atoms with Gasteiger partial charge in [-0.1, -0.05) is 11.6 Å². The van der Waals surface area contributed by atoms with Gasteiger partial charge in [0, 0.05) is 34.0 Å². The molecule has 0 bridgehead atoms. The van der Waals surface area contributed by atoms with Crippen molar-refractivity contribution < 1.29 is 14.5 Å². The van der Waals surface area contributed by atoms with Crippen LogP contribution in [0.4, 0.5) is 0 Å². The highest BCUT2D eigenvalue weighted by atomic mass is 35.5. The minimum Gasteiger partial charge on any atom is -0.461 e. The van der Waals surface area contributed by atoms with E-state index in [1.807, 2.05) is 0 Å². The van der Waals surface area contributed by atoms with Crippen LogP contribution in [0, 0.1) is 10.1 Å². The Morgan fingerprint density at radius 1 is 1.52 bits per heavy atom. The van der Waals surface area contributed by atoms with E-state index in [4.69, 9.17) is 16.3 Å². The second-order valence-electron chi connectivity index (χ2n) is 4.93. The summed E-state index contributed by atoms with van der Waals surface area (Å²) in [5.74, 6) is -0.841. The van der Waals surface area contributed by atoms with Gasteiger partial charge in [-0.05, 0) is 30.7 Å². The minimum atomic E-state index is -1.83. The van der Waals surface area contributed by atoms with E-state index >= 15 is 0 Å². The first-order valence-corrected chi connectivity index (χ1v) is 6.83. The summed E-state index contributed by atoms with van der Waals surface area (Å²) >= 11 is 5.95. The Morgan fingerprint density at radius 2 is 2.24 bits per heavy atom. The molecule has 1 unspecified atom stereocenters. The maximum absolute atomic E-state index is 11.9. The van der Waals surface area contributed by atoms with E-state index in [0.29, 0.717) is 10.6 Å². The summed E-state index contributed by atoms with van der Waals surface area (Å²) in [5.41, 5.74) is -0.364. The fourth-order valence-electron chi connectivity index (χ4n) is 2.17. The van der Waals surface area contributed by atoms with Crippen LogP contribution >= 0.6 is 11.6 Å². The van der Waals surface area contributed by atoms with Gasteiger partial charge in [-0.15, -0.1) is 0 Å². The van der Waals surface area contributed by atoms with Gasteiger partial charge in [0.15, 0.2) is 0 Å². The quantitative estimate of drug-likeness (QED) is 0.522. The molecule has 0 aliphatic carbocycles. The Kier molecular flexibility index (Phi) is 4.18. The number of carbonyl (C=O) groups is 1. The minimum absolute atomic E-state index is 0.0703. The van der Waals surface area contributed by atoms with Gasteiger partial charge >= 0.3 is 11.5 Å². The van der Waals surface area contributed by atoms with Crippen LogP contribution in [0.5, 0.6) is 0 Å².